The van der Waals surface area contributed by atoms with Crippen LogP contribution < -0.4 is 10.5 Å². The Labute approximate surface area is 92.4 Å². The molecule has 2 heteroatoms. The van der Waals surface area contributed by atoms with Gasteiger partial charge >= 0.3 is 0 Å². The first-order chi connectivity index (χ1) is 7.00. The van der Waals surface area contributed by atoms with E-state index in [1.54, 1.807) is 0 Å². The summed E-state index contributed by atoms with van der Waals surface area (Å²) in [5.41, 5.74) is 8.18. The van der Waals surface area contributed by atoms with Crippen LogP contribution >= 0.6 is 0 Å². The maximum atomic E-state index is 5.89. The van der Waals surface area contributed by atoms with Crippen molar-refractivity contribution < 1.29 is 4.74 Å². The molecule has 0 aliphatic heterocycles. The van der Waals surface area contributed by atoms with Crippen LogP contribution in [0, 0.1) is 12.8 Å². The van der Waals surface area contributed by atoms with E-state index in [0.717, 1.165) is 17.9 Å². The minimum atomic E-state index is 0.0211. The second-order valence-electron chi connectivity index (χ2n) is 4.53. The average Bonchev–Trinajstić information content (AvgIpc) is 2.14. The van der Waals surface area contributed by atoms with Crippen molar-refractivity contribution in [3.63, 3.8) is 0 Å². The van der Waals surface area contributed by atoms with E-state index in [0.29, 0.717) is 5.92 Å². The number of nitrogens with two attached hydrogens (primary N) is 1. The second kappa shape index (κ2) is 5.17. The molecule has 0 radical (unpaired) electrons. The predicted molar refractivity (Wildman–Crippen MR) is 64.1 cm³/mol. The predicted octanol–water partition coefficient (Wildman–Crippen LogP) is 3.05. The van der Waals surface area contributed by atoms with Crippen LogP contribution in [0.15, 0.2) is 18.2 Å². The molecule has 0 aliphatic rings. The fourth-order valence-electron chi connectivity index (χ4n) is 1.40. The highest BCUT2D eigenvalue weighted by Crippen LogP contribution is 2.25. The summed E-state index contributed by atoms with van der Waals surface area (Å²) in [7, 11) is 0. The zero-order valence-corrected chi connectivity index (χ0v) is 10.1. The van der Waals surface area contributed by atoms with Crippen molar-refractivity contribution in [1.29, 1.82) is 0 Å². The lowest BCUT2D eigenvalue weighted by atomic mass is 10.1. The van der Waals surface area contributed by atoms with E-state index < -0.39 is 0 Å². The zero-order valence-electron chi connectivity index (χ0n) is 10.1. The number of aryl methyl sites for hydroxylation is 1. The number of hydrogen-bond acceptors (Lipinski definition) is 2. The highest BCUT2D eigenvalue weighted by Gasteiger charge is 2.08. The third-order valence-corrected chi connectivity index (χ3v) is 2.23. The van der Waals surface area contributed by atoms with Gasteiger partial charge in [0.2, 0.25) is 0 Å². The third kappa shape index (κ3) is 3.56. The highest BCUT2D eigenvalue weighted by atomic mass is 16.5. The summed E-state index contributed by atoms with van der Waals surface area (Å²) < 4.78 is 5.76. The molecule has 2 nitrogen and oxygen atoms in total. The number of ether oxygens (including phenoxy) is 1. The molecule has 0 heterocycles. The lowest BCUT2D eigenvalue weighted by molar-refractivity contribution is 0.267. The summed E-state index contributed by atoms with van der Waals surface area (Å²) in [5, 5.41) is 0. The molecule has 84 valence electrons. The van der Waals surface area contributed by atoms with Gasteiger partial charge < -0.3 is 10.5 Å². The van der Waals surface area contributed by atoms with Gasteiger partial charge in [0, 0.05) is 11.6 Å². The minimum Gasteiger partial charge on any atom is -0.493 e. The summed E-state index contributed by atoms with van der Waals surface area (Å²) in [4.78, 5) is 0. The van der Waals surface area contributed by atoms with Crippen molar-refractivity contribution in [2.45, 2.75) is 33.7 Å². The van der Waals surface area contributed by atoms with Crippen LogP contribution in [-0.2, 0) is 0 Å². The largest absolute Gasteiger partial charge is 0.493 e. The van der Waals surface area contributed by atoms with Gasteiger partial charge in [0.05, 0.1) is 6.61 Å². The maximum Gasteiger partial charge on any atom is 0.124 e. The first kappa shape index (κ1) is 12.1. The molecular weight excluding hydrogens is 186 g/mol. The van der Waals surface area contributed by atoms with Crippen LogP contribution in [0.25, 0.3) is 0 Å². The molecule has 1 rings (SSSR count). The van der Waals surface area contributed by atoms with Gasteiger partial charge in [-0.15, -0.1) is 0 Å². The van der Waals surface area contributed by atoms with E-state index in [1.165, 1.54) is 5.56 Å². The minimum absolute atomic E-state index is 0.0211. The molecule has 0 fully saturated rings. The molecule has 2 N–H and O–H groups in total. The van der Waals surface area contributed by atoms with Gasteiger partial charge in [0.15, 0.2) is 0 Å². The van der Waals surface area contributed by atoms with Crippen molar-refractivity contribution in [3.05, 3.63) is 29.3 Å². The molecule has 1 aromatic rings. The van der Waals surface area contributed by atoms with Crippen LogP contribution in [0.1, 0.15) is 37.9 Å². The fraction of sp³-hybridized carbons (Fsp3) is 0.538. The van der Waals surface area contributed by atoms with E-state index in [1.807, 2.05) is 6.92 Å². The highest BCUT2D eigenvalue weighted by molar-refractivity contribution is 5.38. The summed E-state index contributed by atoms with van der Waals surface area (Å²) in [6, 6.07) is 6.20. The first-order valence-corrected chi connectivity index (χ1v) is 5.49. The number of benzene rings is 1. The van der Waals surface area contributed by atoms with Crippen LogP contribution in [0.3, 0.4) is 0 Å². The summed E-state index contributed by atoms with van der Waals surface area (Å²) >= 11 is 0. The van der Waals surface area contributed by atoms with E-state index in [4.69, 9.17) is 10.5 Å². The number of hydrogen-bond donors (Lipinski definition) is 1. The summed E-state index contributed by atoms with van der Waals surface area (Å²) in [6.45, 7) is 9.06. The quantitative estimate of drug-likeness (QED) is 0.823. The SMILES string of the molecule is Cc1ccc([C@H](C)N)c(OCC(C)C)c1. The zero-order chi connectivity index (χ0) is 11.4. The standard InChI is InChI=1S/C13H21NO/c1-9(2)8-15-13-7-10(3)5-6-12(13)11(4)14/h5-7,9,11H,8,14H2,1-4H3/t11-/m0/s1. The molecule has 1 aromatic carbocycles. The molecule has 0 aliphatic carbocycles. The molecule has 0 saturated carbocycles. The van der Waals surface area contributed by atoms with Crippen molar-refractivity contribution in [2.75, 3.05) is 6.61 Å². The molecule has 0 aromatic heterocycles. The monoisotopic (exact) mass is 207 g/mol. The van der Waals surface area contributed by atoms with Crippen LogP contribution in [0.2, 0.25) is 0 Å². The Bertz CT molecular complexity index is 318. The lowest BCUT2D eigenvalue weighted by Crippen LogP contribution is -2.11. The smallest absolute Gasteiger partial charge is 0.124 e. The van der Waals surface area contributed by atoms with E-state index in [-0.39, 0.29) is 6.04 Å². The lowest BCUT2D eigenvalue weighted by Gasteiger charge is -2.16. The average molecular weight is 207 g/mol. The molecule has 0 saturated heterocycles. The van der Waals surface area contributed by atoms with Gasteiger partial charge in [0.25, 0.3) is 0 Å². The Morgan fingerprint density at radius 3 is 2.47 bits per heavy atom. The van der Waals surface area contributed by atoms with Gasteiger partial charge in [0.1, 0.15) is 5.75 Å². The Morgan fingerprint density at radius 1 is 1.27 bits per heavy atom. The summed E-state index contributed by atoms with van der Waals surface area (Å²) in [6.07, 6.45) is 0. The van der Waals surface area contributed by atoms with Crippen molar-refractivity contribution in [2.24, 2.45) is 11.7 Å². The summed E-state index contributed by atoms with van der Waals surface area (Å²) in [5.74, 6) is 1.46. The van der Waals surface area contributed by atoms with Gasteiger partial charge in [-0.25, -0.2) is 0 Å². The molecule has 1 atom stereocenters. The van der Waals surface area contributed by atoms with E-state index >= 15 is 0 Å². The van der Waals surface area contributed by atoms with Crippen molar-refractivity contribution in [3.8, 4) is 5.75 Å². The molecular formula is C13H21NO. The second-order valence-corrected chi connectivity index (χ2v) is 4.53. The topological polar surface area (TPSA) is 35.2 Å². The molecule has 0 bridgehead atoms. The van der Waals surface area contributed by atoms with Crippen LogP contribution in [-0.4, -0.2) is 6.61 Å². The normalized spacial score (nSPS) is 12.9. The van der Waals surface area contributed by atoms with E-state index in [2.05, 4.69) is 39.0 Å². The van der Waals surface area contributed by atoms with Gasteiger partial charge in [-0.1, -0.05) is 26.0 Å². The first-order valence-electron chi connectivity index (χ1n) is 5.49. The molecule has 15 heavy (non-hydrogen) atoms. The molecule has 0 spiro atoms. The van der Waals surface area contributed by atoms with Gasteiger partial charge in [-0.2, -0.15) is 0 Å². The van der Waals surface area contributed by atoms with Gasteiger partial charge in [-0.05, 0) is 31.4 Å². The molecule has 0 amide bonds. The number of rotatable bonds is 4. The van der Waals surface area contributed by atoms with Crippen LogP contribution in [0.4, 0.5) is 0 Å². The van der Waals surface area contributed by atoms with Crippen molar-refractivity contribution in [1.82, 2.24) is 0 Å². The Kier molecular flexibility index (Phi) is 4.15. The fourth-order valence-corrected chi connectivity index (χ4v) is 1.40. The van der Waals surface area contributed by atoms with Crippen LogP contribution in [0.5, 0.6) is 5.75 Å². The van der Waals surface area contributed by atoms with E-state index in [9.17, 15) is 0 Å². The Morgan fingerprint density at radius 2 is 1.93 bits per heavy atom. The Hall–Kier alpha value is -1.02. The van der Waals surface area contributed by atoms with Crippen molar-refractivity contribution >= 4 is 0 Å². The molecule has 0 unspecified atom stereocenters. The third-order valence-electron chi connectivity index (χ3n) is 2.23. The van der Waals surface area contributed by atoms with Gasteiger partial charge in [-0.3, -0.25) is 0 Å². The Balaban J connectivity index is 2.87. The maximum absolute atomic E-state index is 5.89.